The summed E-state index contributed by atoms with van der Waals surface area (Å²) in [5.41, 5.74) is 3.11. The number of rotatable bonds is 3. The van der Waals surface area contributed by atoms with Crippen LogP contribution < -0.4 is 5.32 Å². The van der Waals surface area contributed by atoms with Gasteiger partial charge >= 0.3 is 0 Å². The van der Waals surface area contributed by atoms with Gasteiger partial charge in [-0.15, -0.1) is 11.3 Å². The number of aromatic nitrogens is 1. The molecule has 2 saturated heterocycles. The van der Waals surface area contributed by atoms with Crippen LogP contribution in [0.4, 0.5) is 0 Å². The fraction of sp³-hybridized carbons (Fsp3) is 0.562. The van der Waals surface area contributed by atoms with Gasteiger partial charge in [0, 0.05) is 29.4 Å². The molecular weight excluding hydrogens is 298 g/mol. The van der Waals surface area contributed by atoms with E-state index in [1.165, 1.54) is 61.7 Å². The summed E-state index contributed by atoms with van der Waals surface area (Å²) in [4.78, 5) is 7.43. The summed E-state index contributed by atoms with van der Waals surface area (Å²) in [7, 11) is 0. The van der Waals surface area contributed by atoms with Crippen LogP contribution in [-0.2, 0) is 6.54 Å². The molecule has 0 aromatic carbocycles. The van der Waals surface area contributed by atoms with Crippen LogP contribution in [0, 0.1) is 5.41 Å². The van der Waals surface area contributed by atoms with Crippen molar-refractivity contribution in [3.63, 3.8) is 0 Å². The van der Waals surface area contributed by atoms with Gasteiger partial charge in [-0.3, -0.25) is 4.90 Å². The average Bonchev–Trinajstić information content (AvgIpc) is 3.22. The van der Waals surface area contributed by atoms with Crippen molar-refractivity contribution in [2.75, 3.05) is 26.2 Å². The highest BCUT2D eigenvalue weighted by atomic mass is 32.1. The number of thiophene rings is 1. The molecule has 0 radical (unpaired) electrons. The Bertz CT molecular complexity index is 584. The Morgan fingerprint density at radius 2 is 2.14 bits per heavy atom. The van der Waals surface area contributed by atoms with Gasteiger partial charge in [0.25, 0.3) is 0 Å². The minimum Gasteiger partial charge on any atom is -0.317 e. The van der Waals surface area contributed by atoms with Crippen LogP contribution in [-0.4, -0.2) is 36.1 Å². The van der Waals surface area contributed by atoms with E-state index in [0.29, 0.717) is 5.41 Å². The zero-order valence-electron chi connectivity index (χ0n) is 12.2. The molecule has 0 aliphatic carbocycles. The molecule has 2 aliphatic rings. The molecule has 4 rings (SSSR count). The molecule has 4 heterocycles. The van der Waals surface area contributed by atoms with E-state index in [1.54, 1.807) is 22.7 Å². The lowest BCUT2D eigenvalue weighted by atomic mass is 9.78. The molecule has 112 valence electrons. The van der Waals surface area contributed by atoms with Gasteiger partial charge in [0.15, 0.2) is 0 Å². The molecule has 2 fully saturated rings. The standard InChI is InChI=1S/C16H21N3S2/c1-8-20-10-13(1)15-18-14(11-21-15)9-19-7-4-16(12-19)2-5-17-6-3-16/h1,8,10-11,17H,2-7,9,12H2. The summed E-state index contributed by atoms with van der Waals surface area (Å²) in [6.07, 6.45) is 4.07. The van der Waals surface area contributed by atoms with Crippen molar-refractivity contribution >= 4 is 22.7 Å². The molecule has 0 unspecified atom stereocenters. The SMILES string of the molecule is c1cc(-c2nc(CN3CCC4(CCNCC4)C3)cs2)cs1. The summed E-state index contributed by atoms with van der Waals surface area (Å²) in [6.45, 7) is 5.93. The van der Waals surface area contributed by atoms with E-state index in [2.05, 4.69) is 32.4 Å². The molecule has 0 bridgehead atoms. The van der Waals surface area contributed by atoms with E-state index in [4.69, 9.17) is 4.98 Å². The molecule has 1 N–H and O–H groups in total. The third kappa shape index (κ3) is 2.93. The Morgan fingerprint density at radius 1 is 1.24 bits per heavy atom. The number of likely N-dealkylation sites (tertiary alicyclic amines) is 1. The largest absolute Gasteiger partial charge is 0.317 e. The van der Waals surface area contributed by atoms with Crippen molar-refractivity contribution < 1.29 is 0 Å². The maximum absolute atomic E-state index is 4.82. The molecule has 3 nitrogen and oxygen atoms in total. The fourth-order valence-electron chi connectivity index (χ4n) is 3.66. The quantitative estimate of drug-likeness (QED) is 0.939. The second-order valence-corrected chi connectivity index (χ2v) is 8.00. The monoisotopic (exact) mass is 319 g/mol. The second-order valence-electron chi connectivity index (χ2n) is 6.37. The summed E-state index contributed by atoms with van der Waals surface area (Å²) in [6, 6.07) is 2.16. The molecule has 2 aromatic rings. The van der Waals surface area contributed by atoms with Crippen LogP contribution in [0.1, 0.15) is 25.0 Å². The zero-order valence-corrected chi connectivity index (χ0v) is 13.8. The first-order chi connectivity index (χ1) is 10.3. The lowest BCUT2D eigenvalue weighted by molar-refractivity contribution is 0.193. The van der Waals surface area contributed by atoms with Crippen LogP contribution in [0.3, 0.4) is 0 Å². The lowest BCUT2D eigenvalue weighted by Gasteiger charge is -2.33. The van der Waals surface area contributed by atoms with Gasteiger partial charge in [0.05, 0.1) is 5.69 Å². The molecule has 21 heavy (non-hydrogen) atoms. The van der Waals surface area contributed by atoms with Crippen molar-refractivity contribution in [3.8, 4) is 10.6 Å². The number of nitrogens with zero attached hydrogens (tertiary/aromatic N) is 2. The van der Waals surface area contributed by atoms with Crippen LogP contribution in [0.15, 0.2) is 22.2 Å². The minimum atomic E-state index is 0.595. The van der Waals surface area contributed by atoms with Gasteiger partial charge in [0.1, 0.15) is 5.01 Å². The Kier molecular flexibility index (Phi) is 3.83. The van der Waals surface area contributed by atoms with Crippen LogP contribution in [0.5, 0.6) is 0 Å². The second kappa shape index (κ2) is 5.80. The van der Waals surface area contributed by atoms with Crippen molar-refractivity contribution in [2.45, 2.75) is 25.8 Å². The first kappa shape index (κ1) is 13.9. The Labute approximate surface area is 134 Å². The van der Waals surface area contributed by atoms with E-state index in [0.717, 1.165) is 6.54 Å². The van der Waals surface area contributed by atoms with E-state index >= 15 is 0 Å². The normalized spacial score (nSPS) is 22.1. The fourth-order valence-corrected chi connectivity index (χ4v) is 5.18. The molecule has 2 aliphatic heterocycles. The van der Waals surface area contributed by atoms with Gasteiger partial charge in [-0.1, -0.05) is 0 Å². The highest BCUT2D eigenvalue weighted by molar-refractivity contribution is 7.14. The molecule has 2 aromatic heterocycles. The topological polar surface area (TPSA) is 28.2 Å². The number of hydrogen-bond acceptors (Lipinski definition) is 5. The van der Waals surface area contributed by atoms with Crippen LogP contribution in [0.2, 0.25) is 0 Å². The van der Waals surface area contributed by atoms with E-state index < -0.39 is 0 Å². The molecule has 0 amide bonds. The highest BCUT2D eigenvalue weighted by Crippen LogP contribution is 2.39. The predicted octanol–water partition coefficient (Wildman–Crippen LogP) is 3.45. The molecule has 0 atom stereocenters. The van der Waals surface area contributed by atoms with Crippen LogP contribution >= 0.6 is 22.7 Å². The first-order valence-corrected chi connectivity index (χ1v) is 9.55. The summed E-state index contributed by atoms with van der Waals surface area (Å²) >= 11 is 3.52. The highest BCUT2D eigenvalue weighted by Gasteiger charge is 2.38. The van der Waals surface area contributed by atoms with Crippen LogP contribution in [0.25, 0.3) is 10.6 Å². The maximum atomic E-state index is 4.82. The smallest absolute Gasteiger partial charge is 0.124 e. The van der Waals surface area contributed by atoms with Gasteiger partial charge in [-0.05, 0) is 55.8 Å². The Balaban J connectivity index is 1.41. The third-order valence-electron chi connectivity index (χ3n) is 4.89. The van der Waals surface area contributed by atoms with Gasteiger partial charge in [-0.2, -0.15) is 11.3 Å². The third-order valence-corrected chi connectivity index (χ3v) is 6.51. The molecule has 1 spiro atoms. The van der Waals surface area contributed by atoms with Gasteiger partial charge in [0.2, 0.25) is 0 Å². The number of hydrogen-bond donors (Lipinski definition) is 1. The molecule has 5 heteroatoms. The van der Waals surface area contributed by atoms with Gasteiger partial charge in [-0.25, -0.2) is 4.98 Å². The Hall–Kier alpha value is -0.750. The number of piperidine rings is 1. The number of nitrogens with one attached hydrogen (secondary N) is 1. The van der Waals surface area contributed by atoms with E-state index in [-0.39, 0.29) is 0 Å². The zero-order chi connectivity index (χ0) is 14.1. The van der Waals surface area contributed by atoms with Crippen molar-refractivity contribution in [1.29, 1.82) is 0 Å². The first-order valence-electron chi connectivity index (χ1n) is 7.73. The van der Waals surface area contributed by atoms with E-state index in [1.807, 2.05) is 0 Å². The lowest BCUT2D eigenvalue weighted by Crippen LogP contribution is -2.38. The Morgan fingerprint density at radius 3 is 2.95 bits per heavy atom. The average molecular weight is 319 g/mol. The minimum absolute atomic E-state index is 0.595. The summed E-state index contributed by atoms with van der Waals surface area (Å²) < 4.78 is 0. The van der Waals surface area contributed by atoms with Crippen molar-refractivity contribution in [2.24, 2.45) is 5.41 Å². The molecule has 0 saturated carbocycles. The van der Waals surface area contributed by atoms with Gasteiger partial charge < -0.3 is 5.32 Å². The summed E-state index contributed by atoms with van der Waals surface area (Å²) in [5.74, 6) is 0. The predicted molar refractivity (Wildman–Crippen MR) is 89.9 cm³/mol. The maximum Gasteiger partial charge on any atom is 0.124 e. The van der Waals surface area contributed by atoms with Crippen molar-refractivity contribution in [1.82, 2.24) is 15.2 Å². The van der Waals surface area contributed by atoms with Crippen molar-refractivity contribution in [3.05, 3.63) is 27.9 Å². The van der Waals surface area contributed by atoms with E-state index in [9.17, 15) is 0 Å². The molecular formula is C16H21N3S2. The summed E-state index contributed by atoms with van der Waals surface area (Å²) in [5, 5.41) is 11.2. The number of thiazole rings is 1.